The number of nitrogens with one attached hydrogen (secondary N) is 1. The highest BCUT2D eigenvalue weighted by molar-refractivity contribution is 5.02. The van der Waals surface area contributed by atoms with Crippen LogP contribution in [0.1, 0.15) is 18.7 Å². The predicted octanol–water partition coefficient (Wildman–Crippen LogP) is 0.0273. The van der Waals surface area contributed by atoms with E-state index in [2.05, 4.69) is 41.5 Å². The van der Waals surface area contributed by atoms with E-state index in [4.69, 9.17) is 0 Å². The second kappa shape index (κ2) is 5.07. The molecule has 1 unspecified atom stereocenters. The number of aromatic nitrogens is 3. The molecule has 1 aromatic rings. The van der Waals surface area contributed by atoms with Crippen LogP contribution in [0.2, 0.25) is 0 Å². The van der Waals surface area contributed by atoms with Crippen LogP contribution >= 0.6 is 0 Å². The van der Waals surface area contributed by atoms with Crippen molar-refractivity contribution in [2.45, 2.75) is 13.0 Å². The van der Waals surface area contributed by atoms with Gasteiger partial charge in [0.05, 0.1) is 17.9 Å². The molecule has 0 fully saturated rings. The van der Waals surface area contributed by atoms with Crippen LogP contribution < -0.4 is 5.32 Å². The van der Waals surface area contributed by atoms with Crippen molar-refractivity contribution < 1.29 is 0 Å². The van der Waals surface area contributed by atoms with Gasteiger partial charge in [0.1, 0.15) is 0 Å². The minimum atomic E-state index is 0.301. The van der Waals surface area contributed by atoms with Gasteiger partial charge in [-0.2, -0.15) is 0 Å². The highest BCUT2D eigenvalue weighted by Crippen LogP contribution is 2.10. The van der Waals surface area contributed by atoms with Crippen LogP contribution in [0.5, 0.6) is 0 Å². The van der Waals surface area contributed by atoms with Crippen molar-refractivity contribution in [3.8, 4) is 0 Å². The molecular formula is C9H19N5. The lowest BCUT2D eigenvalue weighted by Crippen LogP contribution is -2.32. The summed E-state index contributed by atoms with van der Waals surface area (Å²) in [6, 6.07) is 0.301. The monoisotopic (exact) mass is 197 g/mol. The first-order valence-electron chi connectivity index (χ1n) is 4.87. The van der Waals surface area contributed by atoms with Crippen molar-refractivity contribution in [2.75, 3.05) is 27.2 Å². The smallest absolute Gasteiger partial charge is 0.0766 e. The van der Waals surface area contributed by atoms with Crippen LogP contribution in [0.4, 0.5) is 0 Å². The van der Waals surface area contributed by atoms with Crippen molar-refractivity contribution in [1.29, 1.82) is 0 Å². The first-order valence-corrected chi connectivity index (χ1v) is 4.87. The third-order valence-corrected chi connectivity index (χ3v) is 2.10. The standard InChI is InChI=1S/C9H19N5/c1-5-10-8(7-13(2)3)9-6-11-12-14(9)4/h6,8,10H,5,7H2,1-4H3. The van der Waals surface area contributed by atoms with Gasteiger partial charge in [-0.15, -0.1) is 5.10 Å². The van der Waals surface area contributed by atoms with Gasteiger partial charge in [-0.05, 0) is 20.6 Å². The Morgan fingerprint density at radius 3 is 2.71 bits per heavy atom. The molecule has 0 radical (unpaired) electrons. The Morgan fingerprint density at radius 2 is 2.29 bits per heavy atom. The second-order valence-corrected chi connectivity index (χ2v) is 3.65. The fourth-order valence-electron chi connectivity index (χ4n) is 1.49. The SMILES string of the molecule is CCNC(CN(C)C)c1cnnn1C. The predicted molar refractivity (Wildman–Crippen MR) is 56.0 cm³/mol. The number of hydrogen-bond donors (Lipinski definition) is 1. The normalized spacial score (nSPS) is 13.5. The van der Waals surface area contributed by atoms with Gasteiger partial charge in [-0.25, -0.2) is 0 Å². The molecule has 80 valence electrons. The van der Waals surface area contributed by atoms with E-state index < -0.39 is 0 Å². The van der Waals surface area contributed by atoms with Gasteiger partial charge in [0.2, 0.25) is 0 Å². The lowest BCUT2D eigenvalue weighted by Gasteiger charge is -2.21. The lowest BCUT2D eigenvalue weighted by atomic mass is 10.2. The number of aryl methyl sites for hydroxylation is 1. The van der Waals surface area contributed by atoms with E-state index in [0.717, 1.165) is 18.8 Å². The minimum absolute atomic E-state index is 0.301. The van der Waals surface area contributed by atoms with Crippen molar-refractivity contribution in [2.24, 2.45) is 7.05 Å². The van der Waals surface area contributed by atoms with E-state index in [1.165, 1.54) is 0 Å². The molecular weight excluding hydrogens is 178 g/mol. The highest BCUT2D eigenvalue weighted by atomic mass is 15.4. The molecule has 0 amide bonds. The van der Waals surface area contributed by atoms with E-state index in [1.54, 1.807) is 0 Å². The Hall–Kier alpha value is -0.940. The molecule has 1 aromatic heterocycles. The average molecular weight is 197 g/mol. The Morgan fingerprint density at radius 1 is 1.57 bits per heavy atom. The van der Waals surface area contributed by atoms with Gasteiger partial charge in [0, 0.05) is 13.6 Å². The Kier molecular flexibility index (Phi) is 4.03. The zero-order chi connectivity index (χ0) is 10.6. The molecule has 0 aliphatic carbocycles. The Balaban J connectivity index is 2.72. The fourth-order valence-corrected chi connectivity index (χ4v) is 1.49. The molecule has 0 saturated carbocycles. The first kappa shape index (κ1) is 11.1. The number of rotatable bonds is 5. The fraction of sp³-hybridized carbons (Fsp3) is 0.778. The van der Waals surface area contributed by atoms with Gasteiger partial charge >= 0.3 is 0 Å². The summed E-state index contributed by atoms with van der Waals surface area (Å²) >= 11 is 0. The third-order valence-electron chi connectivity index (χ3n) is 2.10. The molecule has 0 aliphatic heterocycles. The molecule has 5 heteroatoms. The first-order chi connectivity index (χ1) is 6.65. The molecule has 14 heavy (non-hydrogen) atoms. The molecule has 0 saturated heterocycles. The number of nitrogens with zero attached hydrogens (tertiary/aromatic N) is 4. The topological polar surface area (TPSA) is 46.0 Å². The maximum Gasteiger partial charge on any atom is 0.0766 e. The minimum Gasteiger partial charge on any atom is -0.308 e. The average Bonchev–Trinajstić information content (AvgIpc) is 2.50. The summed E-state index contributed by atoms with van der Waals surface area (Å²) < 4.78 is 1.82. The van der Waals surface area contributed by atoms with Crippen molar-refractivity contribution >= 4 is 0 Å². The van der Waals surface area contributed by atoms with Crippen LogP contribution in [0.3, 0.4) is 0 Å². The third kappa shape index (κ3) is 2.78. The molecule has 0 spiro atoms. The molecule has 1 heterocycles. The summed E-state index contributed by atoms with van der Waals surface area (Å²) in [5, 5.41) is 11.2. The zero-order valence-electron chi connectivity index (χ0n) is 9.36. The largest absolute Gasteiger partial charge is 0.308 e. The van der Waals surface area contributed by atoms with E-state index in [-0.39, 0.29) is 0 Å². The quantitative estimate of drug-likeness (QED) is 0.723. The van der Waals surface area contributed by atoms with Crippen LogP contribution in [0.15, 0.2) is 6.20 Å². The van der Waals surface area contributed by atoms with Gasteiger partial charge in [-0.1, -0.05) is 12.1 Å². The lowest BCUT2D eigenvalue weighted by molar-refractivity contribution is 0.335. The van der Waals surface area contributed by atoms with E-state index in [1.807, 2.05) is 17.9 Å². The molecule has 1 rings (SSSR count). The van der Waals surface area contributed by atoms with Gasteiger partial charge in [0.15, 0.2) is 0 Å². The Bertz CT molecular complexity index is 268. The number of hydrogen-bond acceptors (Lipinski definition) is 4. The zero-order valence-corrected chi connectivity index (χ0v) is 9.36. The van der Waals surface area contributed by atoms with Crippen LogP contribution in [0.25, 0.3) is 0 Å². The summed E-state index contributed by atoms with van der Waals surface area (Å²) in [5.41, 5.74) is 1.13. The van der Waals surface area contributed by atoms with Crippen LogP contribution in [-0.4, -0.2) is 47.1 Å². The van der Waals surface area contributed by atoms with Crippen LogP contribution in [-0.2, 0) is 7.05 Å². The van der Waals surface area contributed by atoms with E-state index in [0.29, 0.717) is 6.04 Å². The summed E-state index contributed by atoms with van der Waals surface area (Å²) in [7, 11) is 6.05. The second-order valence-electron chi connectivity index (χ2n) is 3.65. The van der Waals surface area contributed by atoms with Gasteiger partial charge < -0.3 is 10.2 Å². The van der Waals surface area contributed by atoms with Crippen LogP contribution in [0, 0.1) is 0 Å². The maximum atomic E-state index is 3.94. The van der Waals surface area contributed by atoms with Crippen molar-refractivity contribution in [1.82, 2.24) is 25.2 Å². The van der Waals surface area contributed by atoms with Crippen molar-refractivity contribution in [3.63, 3.8) is 0 Å². The maximum absolute atomic E-state index is 3.94. The summed E-state index contributed by atoms with van der Waals surface area (Å²) in [6.45, 7) is 4.01. The van der Waals surface area contributed by atoms with E-state index >= 15 is 0 Å². The number of likely N-dealkylation sites (N-methyl/N-ethyl adjacent to an activating group) is 2. The molecule has 1 atom stereocenters. The Labute approximate surface area is 85.1 Å². The summed E-state index contributed by atoms with van der Waals surface area (Å²) in [4.78, 5) is 2.15. The summed E-state index contributed by atoms with van der Waals surface area (Å²) in [5.74, 6) is 0. The molecule has 0 aliphatic rings. The van der Waals surface area contributed by atoms with Crippen molar-refractivity contribution in [3.05, 3.63) is 11.9 Å². The molecule has 5 nitrogen and oxygen atoms in total. The molecule has 0 aromatic carbocycles. The highest BCUT2D eigenvalue weighted by Gasteiger charge is 2.14. The molecule has 1 N–H and O–H groups in total. The molecule has 0 bridgehead atoms. The van der Waals surface area contributed by atoms with Gasteiger partial charge in [0.25, 0.3) is 0 Å². The van der Waals surface area contributed by atoms with Gasteiger partial charge in [-0.3, -0.25) is 4.68 Å². The summed E-state index contributed by atoms with van der Waals surface area (Å²) in [6.07, 6.45) is 1.82. The van der Waals surface area contributed by atoms with E-state index in [9.17, 15) is 0 Å².